The molecule has 0 heterocycles. The van der Waals surface area contributed by atoms with Gasteiger partial charge in [0.2, 0.25) is 0 Å². The van der Waals surface area contributed by atoms with E-state index in [1.807, 2.05) is 36.4 Å². The van der Waals surface area contributed by atoms with Crippen LogP contribution in [0.25, 0.3) is 43.1 Å². The molecule has 0 unspecified atom stereocenters. The third-order valence-electron chi connectivity index (χ3n) is 13.0. The summed E-state index contributed by atoms with van der Waals surface area (Å²) in [4.78, 5) is 56.6. The van der Waals surface area contributed by atoms with Crippen LogP contribution in [0.3, 0.4) is 0 Å². The van der Waals surface area contributed by atoms with Crippen LogP contribution in [0.15, 0.2) is 133 Å². The first kappa shape index (κ1) is 53.1. The molecule has 0 amide bonds. The van der Waals surface area contributed by atoms with Crippen molar-refractivity contribution in [3.8, 4) is 46.0 Å². The van der Waals surface area contributed by atoms with Crippen LogP contribution >= 0.6 is 0 Å². The summed E-state index contributed by atoms with van der Waals surface area (Å²) in [6.45, 7) is -0.616. The molecule has 0 spiro atoms. The second kappa shape index (κ2) is 23.5. The van der Waals surface area contributed by atoms with E-state index < -0.39 is 23.9 Å². The highest BCUT2D eigenvalue weighted by Crippen LogP contribution is 2.35. The van der Waals surface area contributed by atoms with Gasteiger partial charge in [-0.1, -0.05) is 0 Å². The molecule has 0 fully saturated rings. The van der Waals surface area contributed by atoms with E-state index in [0.717, 1.165) is 21.5 Å². The van der Waals surface area contributed by atoms with Crippen LogP contribution in [0.2, 0.25) is 0 Å². The minimum atomic E-state index is -0.764. The Morgan fingerprint density at radius 1 is 0.231 bits per heavy atom. The standard InChI is InChI=1S/C62H54O16/c1-67-47-9-35(10-48(27-47)68-2)31-75-59(63)55-23-43-19-39-17-41-21-45-25-57(61(65)77-33-37-13-51(71-5)29-52(14-37)72-6)58(62(66)78-34-38-15-53(73-7)30-54(16-38)74-8)26-46(45)22-42(41)18-40(39)20-44(43)24-56(55)60(64)76-32-36-11-49(69-3)28-50(12-36)70-4/h9-30H,31-34H2,1-8H3. The molecule has 0 aromatic heterocycles. The third kappa shape index (κ3) is 11.9. The quantitative estimate of drug-likeness (QED) is 0.0399. The van der Waals surface area contributed by atoms with E-state index in [2.05, 4.69) is 0 Å². The van der Waals surface area contributed by atoms with Crippen LogP contribution in [0.1, 0.15) is 63.7 Å². The molecule has 9 aromatic carbocycles. The monoisotopic (exact) mass is 1050 g/mol. The van der Waals surface area contributed by atoms with Crippen molar-refractivity contribution in [1.29, 1.82) is 0 Å². The highest BCUT2D eigenvalue weighted by atomic mass is 16.6. The average molecular weight is 1060 g/mol. The maximum absolute atomic E-state index is 14.1. The van der Waals surface area contributed by atoms with Crippen molar-refractivity contribution in [2.75, 3.05) is 56.9 Å². The number of esters is 4. The number of carbonyl (C=O) groups is 4. The van der Waals surface area contributed by atoms with Gasteiger partial charge in [-0.2, -0.15) is 0 Å². The van der Waals surface area contributed by atoms with Crippen LogP contribution < -0.4 is 37.9 Å². The second-order valence-corrected chi connectivity index (χ2v) is 17.9. The van der Waals surface area contributed by atoms with Crippen LogP contribution in [0.5, 0.6) is 46.0 Å². The molecule has 78 heavy (non-hydrogen) atoms. The zero-order chi connectivity index (χ0) is 55.0. The Balaban J connectivity index is 1.09. The summed E-state index contributed by atoms with van der Waals surface area (Å²) < 4.78 is 66.7. The lowest BCUT2D eigenvalue weighted by molar-refractivity contribution is 0.0425. The SMILES string of the molecule is COc1cc(COC(=O)c2cc3cc4cc5cc6cc(C(=O)OCc7cc(OC)cc(OC)c7)c(C(=O)OCc7cc(OC)cc(OC)c7)cc6cc5cc4cc3cc2C(=O)OCc2cc(OC)cc(OC)c2)cc(OC)c1. The lowest BCUT2D eigenvalue weighted by Gasteiger charge is -2.15. The van der Waals surface area contributed by atoms with Crippen molar-refractivity contribution in [2.45, 2.75) is 26.4 Å². The van der Waals surface area contributed by atoms with Gasteiger partial charge in [0, 0.05) is 24.3 Å². The Hall–Kier alpha value is -9.70. The molecule has 0 aliphatic rings. The Labute approximate surface area is 448 Å². The minimum absolute atomic E-state index is 0.0146. The Kier molecular flexibility index (Phi) is 16.0. The molecule has 16 nitrogen and oxygen atoms in total. The fourth-order valence-electron chi connectivity index (χ4n) is 8.99. The van der Waals surface area contributed by atoms with Crippen molar-refractivity contribution < 1.29 is 76.0 Å². The van der Waals surface area contributed by atoms with Gasteiger partial charge in [-0.15, -0.1) is 0 Å². The lowest BCUT2D eigenvalue weighted by atomic mass is 9.94. The van der Waals surface area contributed by atoms with Crippen LogP contribution in [0.4, 0.5) is 0 Å². The topological polar surface area (TPSA) is 179 Å². The summed E-state index contributed by atoms with van der Waals surface area (Å²) in [5.74, 6) is 1.02. The van der Waals surface area contributed by atoms with E-state index in [-0.39, 0.29) is 48.7 Å². The summed E-state index contributed by atoms with van der Waals surface area (Å²) in [6, 6.07) is 38.7. The number of ether oxygens (including phenoxy) is 12. The summed E-state index contributed by atoms with van der Waals surface area (Å²) in [7, 11) is 12.2. The van der Waals surface area contributed by atoms with E-state index in [1.54, 1.807) is 97.1 Å². The molecule has 0 aliphatic carbocycles. The van der Waals surface area contributed by atoms with E-state index in [9.17, 15) is 19.2 Å². The summed E-state index contributed by atoms with van der Waals surface area (Å²) >= 11 is 0. The molecule has 16 heteroatoms. The van der Waals surface area contributed by atoms with Gasteiger partial charge in [-0.05, 0) is 175 Å². The van der Waals surface area contributed by atoms with Gasteiger partial charge < -0.3 is 56.8 Å². The fourth-order valence-corrected chi connectivity index (χ4v) is 8.99. The first-order chi connectivity index (χ1) is 37.8. The van der Waals surface area contributed by atoms with Gasteiger partial charge in [-0.3, -0.25) is 0 Å². The summed E-state index contributed by atoms with van der Waals surface area (Å²) in [5.41, 5.74) is 2.34. The molecular weight excluding hydrogens is 1000 g/mol. The first-order valence-corrected chi connectivity index (χ1v) is 24.3. The summed E-state index contributed by atoms with van der Waals surface area (Å²) in [6.07, 6.45) is 0. The van der Waals surface area contributed by atoms with E-state index >= 15 is 0 Å². The number of carbonyl (C=O) groups excluding carboxylic acids is 4. The number of hydrogen-bond donors (Lipinski definition) is 0. The predicted molar refractivity (Wildman–Crippen MR) is 291 cm³/mol. The van der Waals surface area contributed by atoms with E-state index in [0.29, 0.717) is 89.8 Å². The number of rotatable bonds is 20. The smallest absolute Gasteiger partial charge is 0.339 e. The van der Waals surface area contributed by atoms with Crippen molar-refractivity contribution in [3.63, 3.8) is 0 Å². The zero-order valence-electron chi connectivity index (χ0n) is 44.1. The van der Waals surface area contributed by atoms with E-state index in [1.165, 1.54) is 56.9 Å². The molecule has 398 valence electrons. The molecule has 0 atom stereocenters. The normalized spacial score (nSPS) is 11.0. The molecular formula is C62H54O16. The number of fused-ring (bicyclic) bond motifs is 4. The first-order valence-electron chi connectivity index (χ1n) is 24.3. The number of hydrogen-bond acceptors (Lipinski definition) is 16. The number of methoxy groups -OCH3 is 8. The maximum Gasteiger partial charge on any atom is 0.339 e. The van der Waals surface area contributed by atoms with E-state index in [4.69, 9.17) is 56.8 Å². The van der Waals surface area contributed by atoms with Crippen LogP contribution in [-0.4, -0.2) is 80.8 Å². The molecule has 0 saturated heterocycles. The highest BCUT2D eigenvalue weighted by Gasteiger charge is 2.25. The molecule has 0 saturated carbocycles. The van der Waals surface area contributed by atoms with Crippen LogP contribution in [0, 0.1) is 0 Å². The largest absolute Gasteiger partial charge is 0.497 e. The average Bonchev–Trinajstić information content (AvgIpc) is 3.67. The maximum atomic E-state index is 14.1. The van der Waals surface area contributed by atoms with Crippen molar-refractivity contribution >= 4 is 67.0 Å². The van der Waals surface area contributed by atoms with Crippen molar-refractivity contribution in [1.82, 2.24) is 0 Å². The van der Waals surface area contributed by atoms with Gasteiger partial charge >= 0.3 is 23.9 Å². The van der Waals surface area contributed by atoms with Crippen molar-refractivity contribution in [2.24, 2.45) is 0 Å². The predicted octanol–water partition coefficient (Wildman–Crippen LogP) is 11.8. The lowest BCUT2D eigenvalue weighted by Crippen LogP contribution is -2.14. The Morgan fingerprint density at radius 2 is 0.385 bits per heavy atom. The molecule has 0 bridgehead atoms. The molecule has 0 aliphatic heterocycles. The minimum Gasteiger partial charge on any atom is -0.497 e. The molecule has 9 rings (SSSR count). The van der Waals surface area contributed by atoms with Gasteiger partial charge in [0.25, 0.3) is 0 Å². The second-order valence-electron chi connectivity index (χ2n) is 17.9. The van der Waals surface area contributed by atoms with Gasteiger partial charge in [0.05, 0.1) is 79.1 Å². The highest BCUT2D eigenvalue weighted by molar-refractivity contribution is 6.13. The molecule has 9 aromatic rings. The zero-order valence-corrected chi connectivity index (χ0v) is 44.1. The van der Waals surface area contributed by atoms with Gasteiger partial charge in [0.1, 0.15) is 72.4 Å². The Morgan fingerprint density at radius 3 is 0.538 bits per heavy atom. The Bertz CT molecular complexity index is 3210. The fraction of sp³-hybridized carbons (Fsp3) is 0.194. The van der Waals surface area contributed by atoms with Gasteiger partial charge in [-0.25, -0.2) is 19.2 Å². The number of benzene rings is 9. The summed E-state index contributed by atoms with van der Waals surface area (Å²) in [5, 5.41) is 5.79. The van der Waals surface area contributed by atoms with Crippen molar-refractivity contribution in [3.05, 3.63) is 178 Å². The van der Waals surface area contributed by atoms with Gasteiger partial charge in [0.15, 0.2) is 0 Å². The molecule has 0 radical (unpaired) electrons. The third-order valence-corrected chi connectivity index (χ3v) is 13.0. The van der Waals surface area contributed by atoms with Crippen LogP contribution in [-0.2, 0) is 45.4 Å². The molecule has 0 N–H and O–H groups in total.